The number of likely N-dealkylation sites (N-methyl/N-ethyl adjacent to an activating group) is 1. The van der Waals surface area contributed by atoms with Crippen LogP contribution in [0.25, 0.3) is 0 Å². The monoisotopic (exact) mass is 583 g/mol. The van der Waals surface area contributed by atoms with Gasteiger partial charge in [-0.3, -0.25) is 14.4 Å². The Balaban J connectivity index is 1.56. The van der Waals surface area contributed by atoms with Crippen molar-refractivity contribution < 1.29 is 40.7 Å². The van der Waals surface area contributed by atoms with E-state index in [9.17, 15) is 40.7 Å². The van der Waals surface area contributed by atoms with Crippen LogP contribution in [0.4, 0.5) is 26.3 Å². The fourth-order valence-corrected chi connectivity index (χ4v) is 5.71. The van der Waals surface area contributed by atoms with Crippen molar-refractivity contribution in [2.24, 2.45) is 5.92 Å². The van der Waals surface area contributed by atoms with Crippen molar-refractivity contribution in [1.29, 1.82) is 0 Å². The third kappa shape index (κ3) is 6.84. The Bertz CT molecular complexity index is 1250. The molecule has 222 valence electrons. The number of halogens is 6. The van der Waals surface area contributed by atoms with Gasteiger partial charge in [-0.05, 0) is 61.2 Å². The lowest BCUT2D eigenvalue weighted by atomic mass is 9.83. The van der Waals surface area contributed by atoms with Crippen LogP contribution in [0.2, 0.25) is 0 Å². The van der Waals surface area contributed by atoms with Gasteiger partial charge >= 0.3 is 12.4 Å². The predicted octanol–water partition coefficient (Wildman–Crippen LogP) is 5.44. The van der Waals surface area contributed by atoms with Gasteiger partial charge in [-0.15, -0.1) is 0 Å². The summed E-state index contributed by atoms with van der Waals surface area (Å²) < 4.78 is 78.6. The molecule has 6 nitrogen and oxygen atoms in total. The molecule has 2 saturated heterocycles. The first-order chi connectivity index (χ1) is 19.2. The van der Waals surface area contributed by atoms with Crippen molar-refractivity contribution >= 4 is 17.7 Å². The molecule has 0 bridgehead atoms. The minimum atomic E-state index is -4.55. The largest absolute Gasteiger partial charge is 0.416 e. The summed E-state index contributed by atoms with van der Waals surface area (Å²) in [6, 6.07) is 7.93. The second-order valence-corrected chi connectivity index (χ2v) is 10.6. The lowest BCUT2D eigenvalue weighted by Gasteiger charge is -2.44. The van der Waals surface area contributed by atoms with Crippen LogP contribution in [0.1, 0.15) is 59.2 Å². The molecule has 2 aromatic carbocycles. The lowest BCUT2D eigenvalue weighted by Crippen LogP contribution is -2.53. The number of alkyl halides is 6. The lowest BCUT2D eigenvalue weighted by molar-refractivity contribution is -0.141. The Kier molecular flexibility index (Phi) is 8.70. The number of amides is 3. The number of hydrogen-bond donors (Lipinski definition) is 0. The number of carbonyl (C=O) groups excluding carboxylic acids is 3. The van der Waals surface area contributed by atoms with E-state index in [1.54, 1.807) is 9.80 Å². The van der Waals surface area contributed by atoms with Gasteiger partial charge in [-0.1, -0.05) is 12.1 Å². The Hall–Kier alpha value is -3.57. The molecule has 41 heavy (non-hydrogen) atoms. The molecule has 2 aromatic rings. The number of carbonyl (C=O) groups is 3. The molecule has 0 spiro atoms. The van der Waals surface area contributed by atoms with Crippen LogP contribution in [-0.2, 0) is 21.9 Å². The van der Waals surface area contributed by atoms with E-state index >= 15 is 0 Å². The number of piperidine rings is 2. The molecule has 0 saturated carbocycles. The summed E-state index contributed by atoms with van der Waals surface area (Å²) >= 11 is 0. The van der Waals surface area contributed by atoms with Crippen molar-refractivity contribution in [3.05, 3.63) is 70.8 Å². The fourth-order valence-electron chi connectivity index (χ4n) is 5.71. The maximum Gasteiger partial charge on any atom is 0.416 e. The predicted molar refractivity (Wildman–Crippen MR) is 138 cm³/mol. The van der Waals surface area contributed by atoms with Gasteiger partial charge in [-0.2, -0.15) is 26.3 Å². The zero-order valence-electron chi connectivity index (χ0n) is 22.6. The van der Waals surface area contributed by atoms with Crippen molar-refractivity contribution in [3.63, 3.8) is 0 Å². The van der Waals surface area contributed by atoms with Gasteiger partial charge in [0.25, 0.3) is 5.91 Å². The van der Waals surface area contributed by atoms with Crippen molar-refractivity contribution in [1.82, 2.24) is 14.7 Å². The summed E-state index contributed by atoms with van der Waals surface area (Å²) in [4.78, 5) is 43.2. The van der Waals surface area contributed by atoms with Gasteiger partial charge in [0.2, 0.25) is 11.8 Å². The molecular weight excluding hydrogens is 552 g/mol. The molecule has 2 heterocycles. The highest BCUT2D eigenvalue weighted by Gasteiger charge is 2.40. The van der Waals surface area contributed by atoms with Gasteiger partial charge in [0.05, 0.1) is 11.1 Å². The molecule has 12 heteroatoms. The summed E-state index contributed by atoms with van der Waals surface area (Å²) in [5.74, 6) is -1.50. The number of nitrogens with zero attached hydrogens (tertiary/aromatic N) is 3. The van der Waals surface area contributed by atoms with Crippen LogP contribution < -0.4 is 0 Å². The molecule has 2 fully saturated rings. The smallest absolute Gasteiger partial charge is 0.343 e. The first-order valence-electron chi connectivity index (χ1n) is 13.3. The zero-order chi connectivity index (χ0) is 30.1. The average molecular weight is 584 g/mol. The molecule has 0 aromatic heterocycles. The molecule has 0 radical (unpaired) electrons. The highest BCUT2D eigenvalue weighted by atomic mass is 19.4. The van der Waals surface area contributed by atoms with E-state index in [1.165, 1.54) is 31.0 Å². The molecule has 3 amide bonds. The molecule has 2 aliphatic rings. The second kappa shape index (κ2) is 11.7. The van der Waals surface area contributed by atoms with Crippen LogP contribution in [0.15, 0.2) is 48.5 Å². The van der Waals surface area contributed by atoms with Crippen LogP contribution >= 0.6 is 0 Å². The van der Waals surface area contributed by atoms with Gasteiger partial charge in [-0.25, -0.2) is 0 Å². The summed E-state index contributed by atoms with van der Waals surface area (Å²) in [6.45, 7) is 2.87. The molecule has 2 aliphatic heterocycles. The van der Waals surface area contributed by atoms with Crippen molar-refractivity contribution in [2.75, 3.05) is 33.2 Å². The number of likely N-dealkylation sites (tertiary alicyclic amines) is 2. The summed E-state index contributed by atoms with van der Waals surface area (Å²) in [6.07, 6.45) is -7.74. The first kappa shape index (κ1) is 30.4. The third-order valence-corrected chi connectivity index (χ3v) is 8.12. The Morgan fingerprint density at radius 2 is 1.24 bits per heavy atom. The number of benzene rings is 2. The van der Waals surface area contributed by atoms with Crippen LogP contribution in [-0.4, -0.2) is 71.7 Å². The Morgan fingerprint density at radius 3 is 1.73 bits per heavy atom. The maximum atomic E-state index is 13.4. The molecule has 4 rings (SSSR count). The van der Waals surface area contributed by atoms with Gasteiger partial charge in [0.15, 0.2) is 0 Å². The zero-order valence-corrected chi connectivity index (χ0v) is 22.6. The van der Waals surface area contributed by atoms with Crippen LogP contribution in [0, 0.1) is 5.92 Å². The van der Waals surface area contributed by atoms with E-state index in [0.29, 0.717) is 44.5 Å². The minimum Gasteiger partial charge on any atom is -0.343 e. The van der Waals surface area contributed by atoms with E-state index in [-0.39, 0.29) is 29.8 Å². The quantitative estimate of drug-likeness (QED) is 0.451. The Morgan fingerprint density at radius 1 is 0.756 bits per heavy atom. The van der Waals surface area contributed by atoms with E-state index in [1.807, 2.05) is 0 Å². The van der Waals surface area contributed by atoms with E-state index in [4.69, 9.17) is 0 Å². The summed E-state index contributed by atoms with van der Waals surface area (Å²) in [5, 5.41) is 0. The standard InChI is InChI=1S/C29H31F6N3O3/c1-18(39)37-14-11-21(12-15-37)27(41)38-16-13-25(24(17-38)19-3-7-22(8-4-19)28(30,31)32)36(2)26(40)20-5-9-23(10-6-20)29(33,34)35/h3-10,21,24-25H,11-17H2,1-2H3/t24-,25+/m0/s1. The van der Waals surface area contributed by atoms with Gasteiger partial charge in [0.1, 0.15) is 0 Å². The normalized spacial score (nSPS) is 20.6. The van der Waals surface area contributed by atoms with Crippen molar-refractivity contribution in [3.8, 4) is 0 Å². The van der Waals surface area contributed by atoms with Crippen LogP contribution in [0.3, 0.4) is 0 Å². The Labute approximate surface area is 233 Å². The molecule has 0 unspecified atom stereocenters. The number of rotatable bonds is 4. The average Bonchev–Trinajstić information content (AvgIpc) is 2.95. The maximum absolute atomic E-state index is 13.4. The third-order valence-electron chi connectivity index (χ3n) is 8.12. The van der Waals surface area contributed by atoms with Gasteiger partial charge < -0.3 is 14.7 Å². The summed E-state index contributed by atoms with van der Waals surface area (Å²) in [7, 11) is 1.51. The molecule has 2 atom stereocenters. The van der Waals surface area contributed by atoms with Gasteiger partial charge in [0, 0.05) is 63.6 Å². The molecule has 0 aliphatic carbocycles. The summed E-state index contributed by atoms with van der Waals surface area (Å²) in [5.41, 5.74) is -1.16. The van der Waals surface area contributed by atoms with E-state index < -0.39 is 41.3 Å². The second-order valence-electron chi connectivity index (χ2n) is 10.6. The van der Waals surface area contributed by atoms with Crippen LogP contribution in [0.5, 0.6) is 0 Å². The fraction of sp³-hybridized carbons (Fsp3) is 0.483. The highest BCUT2D eigenvalue weighted by molar-refractivity contribution is 5.94. The van der Waals surface area contributed by atoms with E-state index in [0.717, 1.165) is 36.4 Å². The first-order valence-corrected chi connectivity index (χ1v) is 13.3. The molecule has 0 N–H and O–H groups in total. The minimum absolute atomic E-state index is 0.0439. The topological polar surface area (TPSA) is 60.9 Å². The SMILES string of the molecule is CC(=O)N1CCC(C(=O)N2CC[C@@H](N(C)C(=O)c3ccc(C(F)(F)F)cc3)[C@H](c3ccc(C(F)(F)F)cc3)C2)CC1. The highest BCUT2D eigenvalue weighted by Crippen LogP contribution is 2.36. The van der Waals surface area contributed by atoms with Crippen molar-refractivity contribution in [2.45, 2.75) is 50.5 Å². The van der Waals surface area contributed by atoms with E-state index in [2.05, 4.69) is 0 Å². The molecular formula is C29H31F6N3O3. The number of hydrogen-bond acceptors (Lipinski definition) is 3.